The van der Waals surface area contributed by atoms with Crippen LogP contribution in [-0.4, -0.2) is 26.3 Å². The van der Waals surface area contributed by atoms with Gasteiger partial charge in [0.2, 0.25) is 11.6 Å². The smallest absolute Gasteiger partial charge is 0.227 e. The number of halogens is 1. The fourth-order valence-electron chi connectivity index (χ4n) is 2.23. The lowest BCUT2D eigenvalue weighted by Crippen LogP contribution is -1.95. The zero-order chi connectivity index (χ0) is 15.7. The Morgan fingerprint density at radius 3 is 2.23 bits per heavy atom. The molecule has 6 heteroatoms. The summed E-state index contributed by atoms with van der Waals surface area (Å²) in [4.78, 5) is 4.29. The van der Waals surface area contributed by atoms with Crippen LogP contribution in [0.3, 0.4) is 0 Å². The molecule has 0 unspecified atom stereocenters. The van der Waals surface area contributed by atoms with Crippen LogP contribution in [0.15, 0.2) is 34.7 Å². The summed E-state index contributed by atoms with van der Waals surface area (Å²) >= 11 is 0. The molecule has 0 aliphatic rings. The summed E-state index contributed by atoms with van der Waals surface area (Å²) in [7, 11) is 4.59. The van der Waals surface area contributed by atoms with Crippen LogP contribution in [0.2, 0.25) is 0 Å². The number of oxazole rings is 1. The van der Waals surface area contributed by atoms with Gasteiger partial charge in [-0.15, -0.1) is 0 Å². The molecule has 0 amide bonds. The maximum Gasteiger partial charge on any atom is 0.227 e. The molecular weight excluding hydrogens is 289 g/mol. The Balaban J connectivity index is 2.17. The molecule has 0 atom stereocenters. The third-order valence-electron chi connectivity index (χ3n) is 3.26. The fourth-order valence-corrected chi connectivity index (χ4v) is 2.23. The summed E-state index contributed by atoms with van der Waals surface area (Å²) in [6.45, 7) is 0. The monoisotopic (exact) mass is 303 g/mol. The molecule has 0 fully saturated rings. The minimum atomic E-state index is -0.364. The SMILES string of the molecule is COc1cc(-c2nc3cc(F)ccc3o2)cc(OC)c1OC. The number of ether oxygens (including phenoxy) is 3. The maximum absolute atomic E-state index is 13.2. The number of benzene rings is 2. The van der Waals surface area contributed by atoms with Gasteiger partial charge in [0.05, 0.1) is 21.3 Å². The van der Waals surface area contributed by atoms with Crippen molar-refractivity contribution in [3.8, 4) is 28.7 Å². The van der Waals surface area contributed by atoms with Crippen molar-refractivity contribution >= 4 is 11.1 Å². The van der Waals surface area contributed by atoms with E-state index in [4.69, 9.17) is 18.6 Å². The van der Waals surface area contributed by atoms with Crippen LogP contribution in [0.25, 0.3) is 22.6 Å². The highest BCUT2D eigenvalue weighted by Crippen LogP contribution is 2.41. The van der Waals surface area contributed by atoms with E-state index in [0.717, 1.165) is 0 Å². The maximum atomic E-state index is 13.2. The highest BCUT2D eigenvalue weighted by molar-refractivity contribution is 5.77. The Labute approximate surface area is 126 Å². The summed E-state index contributed by atoms with van der Waals surface area (Å²) in [5.41, 5.74) is 1.60. The minimum absolute atomic E-state index is 0.347. The van der Waals surface area contributed by atoms with Crippen molar-refractivity contribution in [1.82, 2.24) is 4.98 Å². The molecule has 0 spiro atoms. The van der Waals surface area contributed by atoms with E-state index in [2.05, 4.69) is 4.98 Å². The van der Waals surface area contributed by atoms with Gasteiger partial charge in [0.15, 0.2) is 17.1 Å². The lowest BCUT2D eigenvalue weighted by Gasteiger charge is -2.12. The van der Waals surface area contributed by atoms with Gasteiger partial charge < -0.3 is 18.6 Å². The van der Waals surface area contributed by atoms with Gasteiger partial charge in [0.25, 0.3) is 0 Å². The second-order valence-electron chi connectivity index (χ2n) is 4.55. The van der Waals surface area contributed by atoms with Crippen molar-refractivity contribution in [2.45, 2.75) is 0 Å². The molecule has 5 nitrogen and oxygen atoms in total. The first-order valence-corrected chi connectivity index (χ1v) is 6.52. The summed E-state index contributed by atoms with van der Waals surface area (Å²) in [5.74, 6) is 1.45. The molecule has 0 bridgehead atoms. The molecule has 0 aliphatic heterocycles. The van der Waals surface area contributed by atoms with Crippen LogP contribution < -0.4 is 14.2 Å². The summed E-state index contributed by atoms with van der Waals surface area (Å²) in [6, 6.07) is 7.64. The number of aromatic nitrogens is 1. The summed E-state index contributed by atoms with van der Waals surface area (Å²) in [6.07, 6.45) is 0. The van der Waals surface area contributed by atoms with E-state index in [9.17, 15) is 4.39 Å². The van der Waals surface area contributed by atoms with Gasteiger partial charge in [0, 0.05) is 11.6 Å². The second kappa shape index (κ2) is 5.55. The minimum Gasteiger partial charge on any atom is -0.493 e. The van der Waals surface area contributed by atoms with Crippen LogP contribution in [0.1, 0.15) is 0 Å². The van der Waals surface area contributed by atoms with Crippen LogP contribution in [0.5, 0.6) is 17.2 Å². The second-order valence-corrected chi connectivity index (χ2v) is 4.55. The molecule has 1 heterocycles. The molecular formula is C16H14FNO4. The van der Waals surface area contributed by atoms with Crippen molar-refractivity contribution in [2.24, 2.45) is 0 Å². The molecule has 2 aromatic carbocycles. The van der Waals surface area contributed by atoms with E-state index in [-0.39, 0.29) is 5.82 Å². The fraction of sp³-hybridized carbons (Fsp3) is 0.188. The van der Waals surface area contributed by atoms with Gasteiger partial charge in [-0.2, -0.15) is 0 Å². The Kier molecular flexibility index (Phi) is 3.58. The average Bonchev–Trinajstić information content (AvgIpc) is 2.96. The van der Waals surface area contributed by atoms with Gasteiger partial charge in [0.1, 0.15) is 11.3 Å². The van der Waals surface area contributed by atoms with Gasteiger partial charge in [-0.25, -0.2) is 9.37 Å². The largest absolute Gasteiger partial charge is 0.493 e. The number of fused-ring (bicyclic) bond motifs is 1. The normalized spacial score (nSPS) is 10.7. The summed E-state index contributed by atoms with van der Waals surface area (Å²) in [5, 5.41) is 0. The van der Waals surface area contributed by atoms with Crippen LogP contribution in [-0.2, 0) is 0 Å². The first-order valence-electron chi connectivity index (χ1n) is 6.52. The van der Waals surface area contributed by atoms with E-state index in [1.165, 1.54) is 33.5 Å². The molecule has 0 saturated heterocycles. The van der Waals surface area contributed by atoms with Gasteiger partial charge in [-0.1, -0.05) is 0 Å². The summed E-state index contributed by atoms with van der Waals surface area (Å²) < 4.78 is 34.8. The standard InChI is InChI=1S/C16H14FNO4/c1-19-13-6-9(7-14(20-2)15(13)21-3)16-18-11-8-10(17)4-5-12(11)22-16/h4-8H,1-3H3. The van der Waals surface area contributed by atoms with Crippen molar-refractivity contribution in [3.63, 3.8) is 0 Å². The number of nitrogens with zero attached hydrogens (tertiary/aromatic N) is 1. The van der Waals surface area contributed by atoms with Crippen LogP contribution >= 0.6 is 0 Å². The van der Waals surface area contributed by atoms with Crippen LogP contribution in [0.4, 0.5) is 4.39 Å². The lowest BCUT2D eigenvalue weighted by atomic mass is 10.2. The van der Waals surface area contributed by atoms with Crippen molar-refractivity contribution in [1.29, 1.82) is 0 Å². The molecule has 3 rings (SSSR count). The van der Waals surface area contributed by atoms with E-state index in [1.807, 2.05) is 0 Å². The zero-order valence-corrected chi connectivity index (χ0v) is 12.3. The molecule has 3 aromatic rings. The van der Waals surface area contributed by atoms with E-state index in [1.54, 1.807) is 18.2 Å². The van der Waals surface area contributed by atoms with Gasteiger partial charge in [-0.3, -0.25) is 0 Å². The topological polar surface area (TPSA) is 53.7 Å². The predicted octanol–water partition coefficient (Wildman–Crippen LogP) is 3.66. The lowest BCUT2D eigenvalue weighted by molar-refractivity contribution is 0.324. The Bertz CT molecular complexity index is 803. The highest BCUT2D eigenvalue weighted by Gasteiger charge is 2.17. The Morgan fingerprint density at radius 1 is 0.955 bits per heavy atom. The average molecular weight is 303 g/mol. The third kappa shape index (κ3) is 2.32. The zero-order valence-electron chi connectivity index (χ0n) is 12.3. The molecule has 0 saturated carbocycles. The van der Waals surface area contributed by atoms with E-state index in [0.29, 0.717) is 39.8 Å². The molecule has 114 valence electrons. The third-order valence-corrected chi connectivity index (χ3v) is 3.26. The number of hydrogen-bond donors (Lipinski definition) is 0. The van der Waals surface area contributed by atoms with Gasteiger partial charge >= 0.3 is 0 Å². The van der Waals surface area contributed by atoms with Crippen molar-refractivity contribution < 1.29 is 23.0 Å². The Hall–Kier alpha value is -2.76. The number of methoxy groups -OCH3 is 3. The molecule has 0 aliphatic carbocycles. The molecule has 1 aromatic heterocycles. The molecule has 0 N–H and O–H groups in total. The molecule has 0 radical (unpaired) electrons. The van der Waals surface area contributed by atoms with Crippen molar-refractivity contribution in [2.75, 3.05) is 21.3 Å². The van der Waals surface area contributed by atoms with Crippen LogP contribution in [0, 0.1) is 5.82 Å². The van der Waals surface area contributed by atoms with E-state index < -0.39 is 0 Å². The first kappa shape index (κ1) is 14.2. The Morgan fingerprint density at radius 2 is 1.64 bits per heavy atom. The number of rotatable bonds is 4. The predicted molar refractivity (Wildman–Crippen MR) is 79.1 cm³/mol. The quantitative estimate of drug-likeness (QED) is 0.736. The first-order chi connectivity index (χ1) is 10.7. The molecule has 22 heavy (non-hydrogen) atoms. The van der Waals surface area contributed by atoms with Crippen molar-refractivity contribution in [3.05, 3.63) is 36.1 Å². The van der Waals surface area contributed by atoms with Gasteiger partial charge in [-0.05, 0) is 24.3 Å². The number of hydrogen-bond acceptors (Lipinski definition) is 5. The van der Waals surface area contributed by atoms with E-state index >= 15 is 0 Å². The highest BCUT2D eigenvalue weighted by atomic mass is 19.1.